The largest absolute Gasteiger partial charge is 0.459 e. The number of ether oxygens (including phenoxy) is 2. The van der Waals surface area contributed by atoms with Gasteiger partial charge < -0.3 is 29.8 Å². The lowest BCUT2D eigenvalue weighted by Gasteiger charge is -2.25. The zero-order valence-electron chi connectivity index (χ0n) is 19.9. The number of aliphatic hydroxyl groups excluding tert-OH is 3. The van der Waals surface area contributed by atoms with E-state index in [0.29, 0.717) is 24.1 Å². The zero-order chi connectivity index (χ0) is 25.3. The Hall–Kier alpha value is -2.94. The van der Waals surface area contributed by atoms with Gasteiger partial charge in [0.25, 0.3) is 6.01 Å². The van der Waals surface area contributed by atoms with E-state index in [0.717, 1.165) is 38.9 Å². The first-order chi connectivity index (χ1) is 17.4. The van der Waals surface area contributed by atoms with E-state index in [1.54, 1.807) is 0 Å². The molecule has 1 unspecified atom stereocenters. The molecule has 0 spiro atoms. The third-order valence-electron chi connectivity index (χ3n) is 6.88. The minimum Gasteiger partial charge on any atom is -0.459 e. The van der Waals surface area contributed by atoms with Crippen LogP contribution in [0.1, 0.15) is 18.9 Å². The second-order valence-corrected chi connectivity index (χ2v) is 9.94. The van der Waals surface area contributed by atoms with Crippen LogP contribution in [0.3, 0.4) is 0 Å². The number of halogens is 1. The molecule has 5 rings (SSSR count). The maximum atomic E-state index is 9.64. The van der Waals surface area contributed by atoms with Crippen LogP contribution in [0.4, 0.5) is 0 Å². The van der Waals surface area contributed by atoms with E-state index in [9.17, 15) is 15.3 Å². The summed E-state index contributed by atoms with van der Waals surface area (Å²) in [5, 5.41) is 29.1. The van der Waals surface area contributed by atoms with Crippen LogP contribution in [0.5, 0.6) is 6.01 Å². The van der Waals surface area contributed by atoms with Crippen LogP contribution in [0, 0.1) is 0 Å². The van der Waals surface area contributed by atoms with Gasteiger partial charge in [-0.3, -0.25) is 0 Å². The predicted molar refractivity (Wildman–Crippen MR) is 139 cm³/mol. The van der Waals surface area contributed by atoms with Crippen LogP contribution in [-0.4, -0.2) is 63.9 Å². The zero-order valence-corrected chi connectivity index (χ0v) is 20.7. The SMILES string of the molecule is CC(CO)(CO)c1ccc(-c2ccc(-c3cc4nc(OC5CO[C@H](CO)C5)[nH]c4cc3Cl)cc2)cc1. The highest BCUT2D eigenvalue weighted by atomic mass is 35.5. The molecule has 36 heavy (non-hydrogen) atoms. The summed E-state index contributed by atoms with van der Waals surface area (Å²) >= 11 is 6.62. The Labute approximate surface area is 214 Å². The standard InChI is InChI=1S/C28H29ClN2O5/c1-28(15-33,16-34)20-8-6-18(7-9-20)17-2-4-19(5-3-17)23-11-25-26(12-24(23)29)31-27(30-25)36-22-10-21(13-32)35-14-22/h2-9,11-12,21-22,32-34H,10,13-16H2,1H3,(H,30,31)/t21-,22?/m0/s1. The molecule has 0 aliphatic carbocycles. The highest BCUT2D eigenvalue weighted by molar-refractivity contribution is 6.34. The first kappa shape index (κ1) is 24.7. The number of hydrogen-bond donors (Lipinski definition) is 4. The molecule has 3 aromatic carbocycles. The molecule has 7 nitrogen and oxygen atoms in total. The first-order valence-electron chi connectivity index (χ1n) is 11.9. The molecule has 4 aromatic rings. The molecule has 0 radical (unpaired) electrons. The third-order valence-corrected chi connectivity index (χ3v) is 7.20. The fourth-order valence-electron chi connectivity index (χ4n) is 4.46. The minimum absolute atomic E-state index is 0.0179. The fourth-order valence-corrected chi connectivity index (χ4v) is 4.74. The number of rotatable bonds is 8. The molecule has 2 atom stereocenters. The van der Waals surface area contributed by atoms with Gasteiger partial charge in [0, 0.05) is 17.4 Å². The lowest BCUT2D eigenvalue weighted by atomic mass is 9.83. The Kier molecular flexibility index (Phi) is 7.01. The van der Waals surface area contributed by atoms with E-state index in [4.69, 9.17) is 21.1 Å². The smallest absolute Gasteiger partial charge is 0.294 e. The maximum Gasteiger partial charge on any atom is 0.294 e. The molecule has 188 valence electrons. The normalized spacial score (nSPS) is 18.1. The lowest BCUT2D eigenvalue weighted by Crippen LogP contribution is -2.30. The van der Waals surface area contributed by atoms with E-state index >= 15 is 0 Å². The van der Waals surface area contributed by atoms with Crippen molar-refractivity contribution < 1.29 is 24.8 Å². The molecule has 0 bridgehead atoms. The van der Waals surface area contributed by atoms with Crippen LogP contribution in [0.15, 0.2) is 60.7 Å². The van der Waals surface area contributed by atoms with E-state index in [1.807, 2.05) is 67.6 Å². The molecule has 0 amide bonds. The van der Waals surface area contributed by atoms with Crippen LogP contribution >= 0.6 is 11.6 Å². The highest BCUT2D eigenvalue weighted by Gasteiger charge is 2.27. The summed E-state index contributed by atoms with van der Waals surface area (Å²) in [6.07, 6.45) is 0.277. The van der Waals surface area contributed by atoms with E-state index in [1.165, 1.54) is 0 Å². The molecule has 1 aliphatic heterocycles. The molecule has 8 heteroatoms. The second kappa shape index (κ2) is 10.2. The van der Waals surface area contributed by atoms with Gasteiger partial charge >= 0.3 is 0 Å². The van der Waals surface area contributed by atoms with Gasteiger partial charge in [-0.25, -0.2) is 0 Å². The molecule has 1 aromatic heterocycles. The van der Waals surface area contributed by atoms with Crippen LogP contribution in [0.25, 0.3) is 33.3 Å². The summed E-state index contributed by atoms with van der Waals surface area (Å²) in [5.74, 6) is 0. The van der Waals surface area contributed by atoms with Gasteiger partial charge in [-0.15, -0.1) is 0 Å². The minimum atomic E-state index is -0.665. The number of nitrogens with zero attached hydrogens (tertiary/aromatic N) is 1. The van der Waals surface area contributed by atoms with Gasteiger partial charge in [-0.05, 0) is 34.4 Å². The van der Waals surface area contributed by atoms with E-state index in [2.05, 4.69) is 9.97 Å². The summed E-state index contributed by atoms with van der Waals surface area (Å²) in [6.45, 7) is 2.00. The molecular formula is C28H29ClN2O5. The maximum absolute atomic E-state index is 9.64. The van der Waals surface area contributed by atoms with Gasteiger partial charge in [0.2, 0.25) is 0 Å². The summed E-state index contributed by atoms with van der Waals surface area (Å²) in [7, 11) is 0. The molecular weight excluding hydrogens is 480 g/mol. The number of benzene rings is 3. The molecule has 2 heterocycles. The van der Waals surface area contributed by atoms with Crippen LogP contribution in [0.2, 0.25) is 5.02 Å². The Bertz CT molecular complexity index is 1330. The number of fused-ring (bicyclic) bond motifs is 1. The van der Waals surface area contributed by atoms with Crippen LogP contribution in [-0.2, 0) is 10.2 Å². The quantitative estimate of drug-likeness (QED) is 0.282. The van der Waals surface area contributed by atoms with E-state index < -0.39 is 5.41 Å². The predicted octanol–water partition coefficient (Wildman–Crippen LogP) is 4.32. The van der Waals surface area contributed by atoms with Crippen molar-refractivity contribution in [3.63, 3.8) is 0 Å². The Morgan fingerprint density at radius 3 is 2.25 bits per heavy atom. The highest BCUT2D eigenvalue weighted by Crippen LogP contribution is 2.34. The molecule has 1 aliphatic rings. The van der Waals surface area contributed by atoms with E-state index in [-0.39, 0.29) is 32.0 Å². The number of imidazole rings is 1. The third kappa shape index (κ3) is 4.85. The topological polar surface area (TPSA) is 108 Å². The van der Waals surface area contributed by atoms with Crippen LogP contribution < -0.4 is 4.74 Å². The average Bonchev–Trinajstić information content (AvgIpc) is 3.54. The number of aromatic nitrogens is 2. The van der Waals surface area contributed by atoms with Crippen molar-refractivity contribution >= 4 is 22.6 Å². The summed E-state index contributed by atoms with van der Waals surface area (Å²) < 4.78 is 11.4. The number of nitrogens with one attached hydrogen (secondary N) is 1. The van der Waals surface area contributed by atoms with Crippen molar-refractivity contribution in [1.29, 1.82) is 0 Å². The summed E-state index contributed by atoms with van der Waals surface area (Å²) in [6, 6.07) is 20.2. The average molecular weight is 509 g/mol. The number of H-pyrrole nitrogens is 1. The van der Waals surface area contributed by atoms with Gasteiger partial charge in [0.05, 0.1) is 48.6 Å². The molecule has 1 fully saturated rings. The molecule has 4 N–H and O–H groups in total. The van der Waals surface area contributed by atoms with Gasteiger partial charge in [-0.1, -0.05) is 67.1 Å². The first-order valence-corrected chi connectivity index (χ1v) is 12.3. The van der Waals surface area contributed by atoms with Crippen molar-refractivity contribution in [2.24, 2.45) is 0 Å². The van der Waals surface area contributed by atoms with Gasteiger partial charge in [-0.2, -0.15) is 4.98 Å². The second-order valence-electron chi connectivity index (χ2n) is 9.54. The van der Waals surface area contributed by atoms with Crippen molar-refractivity contribution in [2.45, 2.75) is 31.0 Å². The Morgan fingerprint density at radius 1 is 1.00 bits per heavy atom. The summed E-state index contributed by atoms with van der Waals surface area (Å²) in [5.41, 5.74) is 5.69. The Balaban J connectivity index is 1.35. The number of hydrogen-bond acceptors (Lipinski definition) is 6. The van der Waals surface area contributed by atoms with Crippen molar-refractivity contribution in [1.82, 2.24) is 9.97 Å². The lowest BCUT2D eigenvalue weighted by molar-refractivity contribution is 0.0528. The number of aliphatic hydroxyl groups is 3. The van der Waals surface area contributed by atoms with Crippen molar-refractivity contribution in [3.05, 3.63) is 71.2 Å². The summed E-state index contributed by atoms with van der Waals surface area (Å²) in [4.78, 5) is 7.73. The molecule has 0 saturated carbocycles. The monoisotopic (exact) mass is 508 g/mol. The van der Waals surface area contributed by atoms with Crippen molar-refractivity contribution in [2.75, 3.05) is 26.4 Å². The molecule has 1 saturated heterocycles. The Morgan fingerprint density at radius 2 is 1.64 bits per heavy atom. The number of aromatic amines is 1. The van der Waals surface area contributed by atoms with Crippen molar-refractivity contribution in [3.8, 4) is 28.3 Å². The fraction of sp³-hybridized carbons (Fsp3) is 0.321. The van der Waals surface area contributed by atoms with Gasteiger partial charge in [0.1, 0.15) is 6.10 Å². The van der Waals surface area contributed by atoms with Gasteiger partial charge in [0.15, 0.2) is 0 Å².